The van der Waals surface area contributed by atoms with Crippen LogP contribution < -0.4 is 10.4 Å². The average Bonchev–Trinajstić information content (AvgIpc) is 3.54. The Hall–Kier alpha value is -2.22. The van der Waals surface area contributed by atoms with Crippen molar-refractivity contribution in [3.05, 3.63) is 141 Å². The third-order valence-corrected chi connectivity index (χ3v) is 25.6. The van der Waals surface area contributed by atoms with Crippen LogP contribution in [-0.4, -0.2) is 5.43 Å². The molecule has 6 aromatic rings. The number of fused-ring (bicyclic) bond motifs is 2. The maximum absolute atomic E-state index is 6.40. The third kappa shape index (κ3) is 9.11. The normalized spacial score (nSPS) is 10.8. The standard InChI is InChI=1S/2C15H19.C14H14Si.2ClH.Zr/c2*1-5-6-13-8-7-10(2)14-9-11(3)12(4)15(13)14;1-11-3-7-13(8-4-11)15-14-9-5-12(2)6-10-14;;;/h2*7-9H,5-6H2,1-4H3;3-10H,1-2H3;2*1H;/q2*-1;;;;+2/p-2. The van der Waals surface area contributed by atoms with Crippen molar-refractivity contribution in [2.45, 2.75) is 94.9 Å². The summed E-state index contributed by atoms with van der Waals surface area (Å²) in [7, 11) is 12.8. The predicted octanol–water partition coefficient (Wildman–Crippen LogP) is 12.2. The van der Waals surface area contributed by atoms with Gasteiger partial charge in [-0.25, -0.2) is 0 Å². The third-order valence-electron chi connectivity index (χ3n) is 9.66. The maximum atomic E-state index is 6.40. The Morgan fingerprint density at radius 3 is 1.19 bits per heavy atom. The Bertz CT molecular complexity index is 1880. The molecule has 0 saturated heterocycles. The number of benzene rings is 4. The molecule has 0 spiro atoms. The van der Waals surface area contributed by atoms with E-state index in [1.54, 1.807) is 0 Å². The number of rotatable bonds is 6. The molecular formula is C44H52Cl2SiZr-2. The minimum absolute atomic E-state index is 0.922. The van der Waals surface area contributed by atoms with Gasteiger partial charge >= 0.3 is 124 Å². The van der Waals surface area contributed by atoms with Crippen LogP contribution in [0.1, 0.15) is 82.3 Å². The van der Waals surface area contributed by atoms with Crippen molar-refractivity contribution in [2.24, 2.45) is 0 Å². The summed E-state index contributed by atoms with van der Waals surface area (Å²) in [6.45, 7) is 22.0. The molecule has 0 heterocycles. The number of halogens is 2. The van der Waals surface area contributed by atoms with Gasteiger partial charge in [-0.2, -0.15) is 11.1 Å². The molecule has 0 N–H and O–H groups in total. The molecule has 0 atom stereocenters. The number of aryl methyl sites for hydroxylation is 10. The van der Waals surface area contributed by atoms with Crippen molar-refractivity contribution in [2.75, 3.05) is 0 Å². The molecular weight excluding hydrogens is 719 g/mol. The van der Waals surface area contributed by atoms with Crippen molar-refractivity contribution >= 4 is 54.4 Å². The SMILES string of the molecule is CCCc1ccc(C)c2[cH-]c(C)c(C)c12.CCCc1ccc(C)c2[cH-]c(C)c(C)c12.Cc1ccc([Si](c2ccc(C)cc2)=[Zr]([Cl])[Cl])cc1. The first-order valence-electron chi connectivity index (χ1n) is 17.4. The summed E-state index contributed by atoms with van der Waals surface area (Å²) in [5.41, 5.74) is 13.3. The van der Waals surface area contributed by atoms with Gasteiger partial charge in [0.15, 0.2) is 0 Å². The molecule has 6 rings (SSSR count). The van der Waals surface area contributed by atoms with Crippen LogP contribution in [0.2, 0.25) is 0 Å². The molecule has 0 aliphatic rings. The first-order valence-corrected chi connectivity index (χ1v) is 28.9. The molecule has 48 heavy (non-hydrogen) atoms. The fourth-order valence-corrected chi connectivity index (χ4v) is 21.8. The van der Waals surface area contributed by atoms with Crippen molar-refractivity contribution in [3.63, 3.8) is 0 Å². The van der Waals surface area contributed by atoms with E-state index in [1.165, 1.54) is 113 Å². The molecule has 4 heteroatoms. The molecule has 0 bridgehead atoms. The van der Waals surface area contributed by atoms with E-state index in [1.807, 2.05) is 0 Å². The summed E-state index contributed by atoms with van der Waals surface area (Å²) in [6.07, 6.45) is 4.84. The van der Waals surface area contributed by atoms with E-state index in [0.29, 0.717) is 0 Å². The summed E-state index contributed by atoms with van der Waals surface area (Å²) in [6, 6.07) is 31.1. The molecule has 0 fully saturated rings. The van der Waals surface area contributed by atoms with Crippen molar-refractivity contribution in [3.8, 4) is 0 Å². The van der Waals surface area contributed by atoms with Crippen LogP contribution in [0.4, 0.5) is 0 Å². The minimum atomic E-state index is -2.30. The van der Waals surface area contributed by atoms with Gasteiger partial charge in [-0.15, -0.1) is 68.1 Å². The second kappa shape index (κ2) is 17.6. The Kier molecular flexibility index (Phi) is 14.2. The van der Waals surface area contributed by atoms with E-state index < -0.39 is 23.4 Å². The van der Waals surface area contributed by atoms with Crippen LogP contribution >= 0.6 is 17.0 Å². The molecule has 6 aromatic carbocycles. The molecule has 0 nitrogen and oxygen atoms in total. The average molecular weight is 771 g/mol. The quantitative estimate of drug-likeness (QED) is 0.117. The van der Waals surface area contributed by atoms with Crippen molar-refractivity contribution in [1.29, 1.82) is 0 Å². The first-order chi connectivity index (χ1) is 22.9. The van der Waals surface area contributed by atoms with Gasteiger partial charge in [0.2, 0.25) is 0 Å². The summed E-state index contributed by atoms with van der Waals surface area (Å²) in [5, 5.41) is 8.61. The van der Waals surface area contributed by atoms with Gasteiger partial charge in [0.05, 0.1) is 0 Å². The van der Waals surface area contributed by atoms with Crippen molar-refractivity contribution in [1.82, 2.24) is 0 Å². The summed E-state index contributed by atoms with van der Waals surface area (Å²) in [4.78, 5) is 0. The van der Waals surface area contributed by atoms with Crippen LogP contribution in [0, 0.1) is 55.4 Å². The summed E-state index contributed by atoms with van der Waals surface area (Å²) < 4.78 is 0. The first kappa shape index (κ1) is 38.6. The van der Waals surface area contributed by atoms with E-state index in [-0.39, 0.29) is 0 Å². The van der Waals surface area contributed by atoms with Gasteiger partial charge in [-0.05, 0) is 12.8 Å². The predicted molar refractivity (Wildman–Crippen MR) is 215 cm³/mol. The van der Waals surface area contributed by atoms with Crippen LogP contribution in [0.15, 0.2) is 84.9 Å². The zero-order chi connectivity index (χ0) is 35.1. The summed E-state index contributed by atoms with van der Waals surface area (Å²) in [5.74, 6) is 0. The second-order valence-corrected chi connectivity index (χ2v) is 32.6. The molecule has 0 radical (unpaired) electrons. The van der Waals surface area contributed by atoms with E-state index in [2.05, 4.69) is 154 Å². The van der Waals surface area contributed by atoms with Gasteiger partial charge in [0.1, 0.15) is 0 Å². The Labute approximate surface area is 305 Å². The monoisotopic (exact) mass is 768 g/mol. The summed E-state index contributed by atoms with van der Waals surface area (Å²) >= 11 is -2.30. The zero-order valence-electron chi connectivity index (χ0n) is 30.7. The van der Waals surface area contributed by atoms with Crippen LogP contribution in [0.25, 0.3) is 21.5 Å². The van der Waals surface area contributed by atoms with Crippen molar-refractivity contribution < 1.29 is 18.0 Å². The molecule has 0 aliphatic carbocycles. The van der Waals surface area contributed by atoms with Gasteiger partial charge in [-0.3, -0.25) is 0 Å². The van der Waals surface area contributed by atoms with Crippen LogP contribution in [-0.2, 0) is 30.8 Å². The molecule has 0 aromatic heterocycles. The van der Waals surface area contributed by atoms with E-state index >= 15 is 0 Å². The van der Waals surface area contributed by atoms with Gasteiger partial charge in [0.25, 0.3) is 0 Å². The second-order valence-electron chi connectivity index (χ2n) is 13.4. The van der Waals surface area contributed by atoms with Crippen LogP contribution in [0.5, 0.6) is 0 Å². The van der Waals surface area contributed by atoms with Crippen LogP contribution in [0.3, 0.4) is 0 Å². The van der Waals surface area contributed by atoms with E-state index in [0.717, 1.165) is 0 Å². The van der Waals surface area contributed by atoms with Gasteiger partial charge < -0.3 is 0 Å². The fourth-order valence-electron chi connectivity index (χ4n) is 6.62. The molecule has 252 valence electrons. The molecule has 0 amide bonds. The molecule has 0 unspecified atom stereocenters. The number of hydrogen-bond donors (Lipinski definition) is 0. The van der Waals surface area contributed by atoms with Gasteiger partial charge in [0, 0.05) is 0 Å². The number of hydrogen-bond acceptors (Lipinski definition) is 0. The Morgan fingerprint density at radius 2 is 0.875 bits per heavy atom. The van der Waals surface area contributed by atoms with E-state index in [9.17, 15) is 0 Å². The molecule has 0 saturated carbocycles. The molecule has 0 aliphatic heterocycles. The Morgan fingerprint density at radius 1 is 0.521 bits per heavy atom. The zero-order valence-corrected chi connectivity index (χ0v) is 35.6. The topological polar surface area (TPSA) is 0 Å². The Balaban J connectivity index is 0.000000164. The fraction of sp³-hybridized carbons (Fsp3) is 0.318. The van der Waals surface area contributed by atoms with Gasteiger partial charge in [-0.1, -0.05) is 91.5 Å². The van der Waals surface area contributed by atoms with E-state index in [4.69, 9.17) is 17.0 Å².